The minimum absolute atomic E-state index is 0.0985. The summed E-state index contributed by atoms with van der Waals surface area (Å²) < 4.78 is 0. The van der Waals surface area contributed by atoms with Gasteiger partial charge < -0.3 is 5.32 Å². The highest BCUT2D eigenvalue weighted by molar-refractivity contribution is 7.80. The summed E-state index contributed by atoms with van der Waals surface area (Å²) in [6.45, 7) is 5.84. The number of carbonyl (C=O) groups is 1. The Balaban J connectivity index is 2.13. The summed E-state index contributed by atoms with van der Waals surface area (Å²) in [6, 6.07) is 12.1. The number of nitrogens with zero attached hydrogens (tertiary/aromatic N) is 1. The van der Waals surface area contributed by atoms with Crippen molar-refractivity contribution in [1.29, 1.82) is 0 Å². The Hall–Kier alpha value is -2.80. The van der Waals surface area contributed by atoms with Crippen LogP contribution in [-0.2, 0) is 0 Å². The molecule has 1 amide bonds. The molecule has 0 heterocycles. The van der Waals surface area contributed by atoms with Crippen LogP contribution < -0.4 is 10.6 Å². The molecule has 0 saturated carbocycles. The van der Waals surface area contributed by atoms with Gasteiger partial charge in [0.25, 0.3) is 11.6 Å². The van der Waals surface area contributed by atoms with Crippen molar-refractivity contribution in [3.63, 3.8) is 0 Å². The topological polar surface area (TPSA) is 84.3 Å². The third-order valence-electron chi connectivity index (χ3n) is 4.25. The molecule has 26 heavy (non-hydrogen) atoms. The zero-order chi connectivity index (χ0) is 19.3. The average molecular weight is 371 g/mol. The van der Waals surface area contributed by atoms with Crippen molar-refractivity contribution in [1.82, 2.24) is 5.32 Å². The summed E-state index contributed by atoms with van der Waals surface area (Å²) in [4.78, 5) is 22.9. The first kappa shape index (κ1) is 19.5. The predicted octanol–water partition coefficient (Wildman–Crippen LogP) is 4.54. The number of hydrogen-bond donors (Lipinski definition) is 2. The first-order valence-electron chi connectivity index (χ1n) is 8.29. The zero-order valence-electron chi connectivity index (χ0n) is 14.9. The summed E-state index contributed by atoms with van der Waals surface area (Å²) in [7, 11) is 0. The van der Waals surface area contributed by atoms with Crippen LogP contribution in [0.2, 0.25) is 0 Å². The number of anilines is 1. The lowest BCUT2D eigenvalue weighted by Crippen LogP contribution is -2.34. The lowest BCUT2D eigenvalue weighted by atomic mass is 9.97. The monoisotopic (exact) mass is 371 g/mol. The van der Waals surface area contributed by atoms with E-state index in [0.717, 1.165) is 17.7 Å². The molecule has 0 aliphatic heterocycles. The minimum Gasteiger partial charge on any atom is -0.332 e. The van der Waals surface area contributed by atoms with Crippen molar-refractivity contribution < 1.29 is 9.72 Å². The fraction of sp³-hybridized carbons (Fsp3) is 0.263. The highest BCUT2D eigenvalue weighted by Crippen LogP contribution is 2.26. The SMILES string of the molecule is CCC(C)c1ccccc1NC(=S)NC(=O)c1ccc(C)c([N+](=O)[O-])c1. The second kappa shape index (κ2) is 8.53. The predicted molar refractivity (Wildman–Crippen MR) is 107 cm³/mol. The Morgan fingerprint density at radius 3 is 2.62 bits per heavy atom. The van der Waals surface area contributed by atoms with Gasteiger partial charge in [0, 0.05) is 22.9 Å². The summed E-state index contributed by atoms with van der Waals surface area (Å²) in [5.74, 6) is -0.149. The van der Waals surface area contributed by atoms with Crippen molar-refractivity contribution in [3.8, 4) is 0 Å². The van der Waals surface area contributed by atoms with E-state index in [1.165, 1.54) is 12.1 Å². The number of nitrogens with one attached hydrogen (secondary N) is 2. The van der Waals surface area contributed by atoms with E-state index in [-0.39, 0.29) is 16.4 Å². The Morgan fingerprint density at radius 1 is 1.27 bits per heavy atom. The summed E-state index contributed by atoms with van der Waals surface area (Å²) in [5, 5.41) is 16.8. The Morgan fingerprint density at radius 2 is 1.96 bits per heavy atom. The van der Waals surface area contributed by atoms with Gasteiger partial charge in [0.05, 0.1) is 4.92 Å². The standard InChI is InChI=1S/C19H21N3O3S/c1-4-12(2)15-7-5-6-8-16(15)20-19(26)21-18(23)14-10-9-13(3)17(11-14)22(24)25/h5-12H,4H2,1-3H3,(H2,20,21,23,26). The van der Waals surface area contributed by atoms with E-state index in [0.29, 0.717) is 11.5 Å². The molecule has 0 fully saturated rings. The van der Waals surface area contributed by atoms with Gasteiger partial charge in [0.1, 0.15) is 0 Å². The molecule has 0 bridgehead atoms. The van der Waals surface area contributed by atoms with Crippen LogP contribution in [0.15, 0.2) is 42.5 Å². The summed E-state index contributed by atoms with van der Waals surface area (Å²) >= 11 is 5.23. The number of hydrogen-bond acceptors (Lipinski definition) is 4. The van der Waals surface area contributed by atoms with E-state index in [1.807, 2.05) is 24.3 Å². The second-order valence-electron chi connectivity index (χ2n) is 6.06. The van der Waals surface area contributed by atoms with Gasteiger partial charge in [-0.15, -0.1) is 0 Å². The van der Waals surface area contributed by atoms with Gasteiger partial charge in [-0.25, -0.2) is 0 Å². The van der Waals surface area contributed by atoms with Crippen LogP contribution >= 0.6 is 12.2 Å². The van der Waals surface area contributed by atoms with Crippen molar-refractivity contribution in [2.45, 2.75) is 33.1 Å². The van der Waals surface area contributed by atoms with Gasteiger partial charge in [-0.2, -0.15) is 0 Å². The molecular formula is C19H21N3O3S. The van der Waals surface area contributed by atoms with E-state index in [4.69, 9.17) is 12.2 Å². The number of benzene rings is 2. The number of thiocarbonyl (C=S) groups is 1. The normalized spacial score (nSPS) is 11.5. The molecular weight excluding hydrogens is 350 g/mol. The maximum atomic E-state index is 12.3. The van der Waals surface area contributed by atoms with Crippen molar-refractivity contribution in [2.24, 2.45) is 0 Å². The van der Waals surface area contributed by atoms with Crippen molar-refractivity contribution in [2.75, 3.05) is 5.32 Å². The van der Waals surface area contributed by atoms with E-state index in [9.17, 15) is 14.9 Å². The van der Waals surface area contributed by atoms with Gasteiger partial charge in [0.2, 0.25) is 0 Å². The molecule has 1 atom stereocenters. The lowest BCUT2D eigenvalue weighted by molar-refractivity contribution is -0.385. The van der Waals surface area contributed by atoms with Gasteiger partial charge in [-0.1, -0.05) is 38.1 Å². The third kappa shape index (κ3) is 4.64. The number of amides is 1. The fourth-order valence-electron chi connectivity index (χ4n) is 2.54. The quantitative estimate of drug-likeness (QED) is 0.458. The molecule has 1 unspecified atom stereocenters. The Labute approximate surface area is 157 Å². The van der Waals surface area contributed by atoms with Crippen LogP contribution in [0.5, 0.6) is 0 Å². The maximum absolute atomic E-state index is 12.3. The molecule has 0 spiro atoms. The summed E-state index contributed by atoms with van der Waals surface area (Å²) in [6.07, 6.45) is 0.977. The number of aryl methyl sites for hydroxylation is 1. The maximum Gasteiger partial charge on any atom is 0.273 e. The first-order chi connectivity index (χ1) is 12.3. The molecule has 0 aliphatic carbocycles. The molecule has 7 heteroatoms. The van der Waals surface area contributed by atoms with Gasteiger partial charge in [0.15, 0.2) is 5.11 Å². The highest BCUT2D eigenvalue weighted by atomic mass is 32.1. The molecule has 0 saturated heterocycles. The Kier molecular flexibility index (Phi) is 6.41. The smallest absolute Gasteiger partial charge is 0.273 e. The molecule has 6 nitrogen and oxygen atoms in total. The van der Waals surface area contributed by atoms with Crippen LogP contribution in [0.3, 0.4) is 0 Å². The van der Waals surface area contributed by atoms with Crippen LogP contribution in [0.4, 0.5) is 11.4 Å². The van der Waals surface area contributed by atoms with E-state index in [1.54, 1.807) is 13.0 Å². The van der Waals surface area contributed by atoms with Crippen LogP contribution in [0.25, 0.3) is 0 Å². The molecule has 0 aliphatic rings. The van der Waals surface area contributed by atoms with Crippen LogP contribution in [0, 0.1) is 17.0 Å². The van der Waals surface area contributed by atoms with E-state index in [2.05, 4.69) is 24.5 Å². The molecule has 0 radical (unpaired) electrons. The molecule has 2 aromatic carbocycles. The Bertz CT molecular complexity index is 852. The lowest BCUT2D eigenvalue weighted by Gasteiger charge is -2.17. The second-order valence-corrected chi connectivity index (χ2v) is 6.47. The largest absolute Gasteiger partial charge is 0.332 e. The molecule has 2 rings (SSSR count). The van der Waals surface area contributed by atoms with Crippen molar-refractivity contribution in [3.05, 3.63) is 69.3 Å². The molecule has 2 N–H and O–H groups in total. The average Bonchev–Trinajstić information content (AvgIpc) is 2.61. The summed E-state index contributed by atoms with van der Waals surface area (Å²) in [5.41, 5.74) is 2.52. The van der Waals surface area contributed by atoms with E-state index >= 15 is 0 Å². The number of nitro groups is 1. The molecule has 136 valence electrons. The first-order valence-corrected chi connectivity index (χ1v) is 8.70. The number of rotatable bonds is 5. The van der Waals surface area contributed by atoms with Crippen LogP contribution in [-0.4, -0.2) is 15.9 Å². The zero-order valence-corrected chi connectivity index (χ0v) is 15.7. The molecule has 2 aromatic rings. The molecule has 0 aromatic heterocycles. The third-order valence-corrected chi connectivity index (χ3v) is 4.45. The van der Waals surface area contributed by atoms with Gasteiger partial charge >= 0.3 is 0 Å². The number of carbonyl (C=O) groups excluding carboxylic acids is 1. The number of para-hydroxylation sites is 1. The number of nitro benzene ring substituents is 1. The van der Waals surface area contributed by atoms with Gasteiger partial charge in [-0.3, -0.25) is 20.2 Å². The van der Waals surface area contributed by atoms with E-state index < -0.39 is 10.8 Å². The van der Waals surface area contributed by atoms with Gasteiger partial charge in [-0.05, 0) is 49.2 Å². The highest BCUT2D eigenvalue weighted by Gasteiger charge is 2.16. The minimum atomic E-state index is -0.509. The fourth-order valence-corrected chi connectivity index (χ4v) is 2.74. The van der Waals surface area contributed by atoms with Crippen LogP contribution in [0.1, 0.15) is 47.7 Å². The van der Waals surface area contributed by atoms with Crippen molar-refractivity contribution >= 4 is 34.6 Å².